The fourth-order valence-corrected chi connectivity index (χ4v) is 3.33. The van der Waals surface area contributed by atoms with Crippen LogP contribution in [-0.4, -0.2) is 61.1 Å². The summed E-state index contributed by atoms with van der Waals surface area (Å²) in [5.41, 5.74) is -1.33. The largest absolute Gasteiger partial charge is 0.507 e. The predicted molar refractivity (Wildman–Crippen MR) is 99.7 cm³/mol. The molecule has 1 aliphatic heterocycles. The van der Waals surface area contributed by atoms with Crippen LogP contribution in [0.3, 0.4) is 0 Å². The molecule has 2 aromatic rings. The predicted octanol–water partition coefficient (Wildman–Crippen LogP) is -0.124. The Labute approximate surface area is 165 Å². The van der Waals surface area contributed by atoms with Gasteiger partial charge in [-0.05, 0) is 42.7 Å². The van der Waals surface area contributed by atoms with E-state index in [9.17, 15) is 29.5 Å². The van der Waals surface area contributed by atoms with Crippen LogP contribution in [0.15, 0.2) is 42.7 Å². The highest BCUT2D eigenvalue weighted by atomic mass is 16.4. The van der Waals surface area contributed by atoms with E-state index in [1.165, 1.54) is 37.5 Å². The van der Waals surface area contributed by atoms with Gasteiger partial charge < -0.3 is 25.6 Å². The Morgan fingerprint density at radius 2 is 1.90 bits per heavy atom. The zero-order valence-corrected chi connectivity index (χ0v) is 15.3. The number of hydrogen-bond donors (Lipinski definition) is 5. The first-order valence-corrected chi connectivity index (χ1v) is 8.63. The van der Waals surface area contributed by atoms with Crippen molar-refractivity contribution in [1.82, 2.24) is 15.2 Å². The van der Waals surface area contributed by atoms with Crippen LogP contribution in [0.2, 0.25) is 0 Å². The molecule has 0 saturated carbocycles. The zero-order valence-electron chi connectivity index (χ0n) is 15.3. The maximum Gasteiger partial charge on any atom is 0.476 e. The first-order valence-electron chi connectivity index (χ1n) is 8.63. The lowest BCUT2D eigenvalue weighted by Gasteiger charge is -2.27. The van der Waals surface area contributed by atoms with Crippen molar-refractivity contribution in [2.24, 2.45) is 0 Å². The number of aromatic carboxylic acids is 1. The molecule has 29 heavy (non-hydrogen) atoms. The lowest BCUT2D eigenvalue weighted by Crippen LogP contribution is -2.52. The summed E-state index contributed by atoms with van der Waals surface area (Å²) in [4.78, 5) is 41.4. The minimum Gasteiger partial charge on any atom is -0.507 e. The fourth-order valence-electron chi connectivity index (χ4n) is 3.33. The van der Waals surface area contributed by atoms with Crippen LogP contribution in [0.25, 0.3) is 0 Å². The molecule has 1 aromatic heterocycles. The van der Waals surface area contributed by atoms with Crippen LogP contribution in [-0.2, 0) is 16.8 Å². The van der Waals surface area contributed by atoms with E-state index in [1.807, 2.05) is 0 Å². The van der Waals surface area contributed by atoms with E-state index in [0.29, 0.717) is 10.5 Å². The molecule has 5 N–H and O–H groups in total. The Morgan fingerprint density at radius 1 is 1.24 bits per heavy atom. The quantitative estimate of drug-likeness (QED) is 0.332. The number of hydrogen-bond acceptors (Lipinski definition) is 7. The number of aromatic hydroxyl groups is 1. The summed E-state index contributed by atoms with van der Waals surface area (Å²) in [5, 5.41) is 41.6. The van der Waals surface area contributed by atoms with Crippen molar-refractivity contribution >= 4 is 25.0 Å². The molecular weight excluding hydrogens is 381 g/mol. The van der Waals surface area contributed by atoms with Gasteiger partial charge in [0, 0.05) is 12.4 Å². The van der Waals surface area contributed by atoms with Crippen molar-refractivity contribution in [3.63, 3.8) is 0 Å². The standard InChI is InChI=1S/C18H18BN3O7/c1-18(11-5-7-20-8-6-11)16(26)22(17(27)21-18)13(19(28)29)9-10-3-2-4-12(14(10)23)15(24)25/h2-8,13,23,28-29H,9H2,1H3,(H,21,27)(H,24,25)/t13-,18?/m0/s1. The Hall–Kier alpha value is -3.44. The van der Waals surface area contributed by atoms with E-state index in [2.05, 4.69) is 10.3 Å². The number of amides is 3. The molecule has 1 saturated heterocycles. The molecule has 1 aliphatic rings. The van der Waals surface area contributed by atoms with Crippen LogP contribution in [0, 0.1) is 0 Å². The molecule has 1 aromatic carbocycles. The third-order valence-electron chi connectivity index (χ3n) is 4.93. The topological polar surface area (TPSA) is 160 Å². The van der Waals surface area contributed by atoms with E-state index in [4.69, 9.17) is 5.11 Å². The van der Waals surface area contributed by atoms with Gasteiger partial charge in [0.05, 0.1) is 5.94 Å². The fraction of sp³-hybridized carbons (Fsp3) is 0.222. The summed E-state index contributed by atoms with van der Waals surface area (Å²) >= 11 is 0. The number of rotatable bonds is 6. The number of urea groups is 1. The number of nitrogens with zero attached hydrogens (tertiary/aromatic N) is 2. The molecule has 1 fully saturated rings. The molecule has 11 heteroatoms. The number of carboxylic acid groups (broad SMARTS) is 1. The maximum absolute atomic E-state index is 13.1. The monoisotopic (exact) mass is 399 g/mol. The van der Waals surface area contributed by atoms with Crippen LogP contribution in [0.4, 0.5) is 4.79 Å². The second kappa shape index (κ2) is 7.53. The SMILES string of the molecule is CC1(c2ccncc2)NC(=O)N([C@@H](Cc2cccc(C(=O)O)c2O)B(O)O)C1=O. The van der Waals surface area contributed by atoms with E-state index < -0.39 is 42.3 Å². The lowest BCUT2D eigenvalue weighted by atomic mass is 9.74. The molecule has 2 heterocycles. The summed E-state index contributed by atoms with van der Waals surface area (Å²) in [7, 11) is -2.13. The summed E-state index contributed by atoms with van der Waals surface area (Å²) in [5.74, 6) is -4.12. The summed E-state index contributed by atoms with van der Waals surface area (Å²) in [6, 6.07) is 6.17. The zero-order chi connectivity index (χ0) is 21.3. The Bertz CT molecular complexity index is 969. The number of nitrogens with one attached hydrogen (secondary N) is 1. The van der Waals surface area contributed by atoms with Crippen molar-refractivity contribution in [2.75, 3.05) is 0 Å². The highest BCUT2D eigenvalue weighted by molar-refractivity contribution is 6.44. The average Bonchev–Trinajstić information content (AvgIpc) is 2.91. The van der Waals surface area contributed by atoms with Crippen LogP contribution in [0.1, 0.15) is 28.4 Å². The summed E-state index contributed by atoms with van der Waals surface area (Å²) < 4.78 is 0. The van der Waals surface area contributed by atoms with E-state index in [0.717, 1.165) is 0 Å². The van der Waals surface area contributed by atoms with Crippen molar-refractivity contribution < 1.29 is 34.6 Å². The van der Waals surface area contributed by atoms with Gasteiger partial charge in [0.2, 0.25) is 0 Å². The number of phenols is 1. The third kappa shape index (κ3) is 3.53. The average molecular weight is 399 g/mol. The number of imide groups is 1. The van der Waals surface area contributed by atoms with Crippen molar-refractivity contribution in [2.45, 2.75) is 24.8 Å². The van der Waals surface area contributed by atoms with Crippen LogP contribution < -0.4 is 5.32 Å². The molecular formula is C18H18BN3O7. The second-order valence-electron chi connectivity index (χ2n) is 6.77. The molecule has 0 spiro atoms. The Morgan fingerprint density at radius 3 is 2.48 bits per heavy atom. The van der Waals surface area contributed by atoms with Gasteiger partial charge in [-0.25, -0.2) is 9.59 Å². The van der Waals surface area contributed by atoms with Gasteiger partial charge in [0.25, 0.3) is 5.91 Å². The summed E-state index contributed by atoms with van der Waals surface area (Å²) in [6.07, 6.45) is 2.54. The first kappa shape index (κ1) is 20.3. The second-order valence-corrected chi connectivity index (χ2v) is 6.77. The number of carboxylic acids is 1. The van der Waals surface area contributed by atoms with Crippen molar-refractivity contribution in [3.8, 4) is 5.75 Å². The van der Waals surface area contributed by atoms with E-state index >= 15 is 0 Å². The first-order chi connectivity index (χ1) is 13.7. The minimum absolute atomic E-state index is 0.0427. The number of carbonyl (C=O) groups is 3. The smallest absolute Gasteiger partial charge is 0.476 e. The van der Waals surface area contributed by atoms with Gasteiger partial charge in [-0.15, -0.1) is 0 Å². The van der Waals surface area contributed by atoms with Gasteiger partial charge in [0.1, 0.15) is 16.9 Å². The number of aromatic nitrogens is 1. The molecule has 10 nitrogen and oxygen atoms in total. The van der Waals surface area contributed by atoms with Gasteiger partial charge in [0.15, 0.2) is 0 Å². The number of pyridine rings is 1. The lowest BCUT2D eigenvalue weighted by molar-refractivity contribution is -0.132. The van der Waals surface area contributed by atoms with E-state index in [-0.39, 0.29) is 17.5 Å². The maximum atomic E-state index is 13.1. The minimum atomic E-state index is -2.13. The Balaban J connectivity index is 1.96. The van der Waals surface area contributed by atoms with Crippen LogP contribution >= 0.6 is 0 Å². The van der Waals surface area contributed by atoms with Gasteiger partial charge >= 0.3 is 19.1 Å². The Kier molecular flexibility index (Phi) is 5.27. The molecule has 0 aliphatic carbocycles. The van der Waals surface area contributed by atoms with E-state index in [1.54, 1.807) is 12.1 Å². The van der Waals surface area contributed by atoms with Gasteiger partial charge in [-0.1, -0.05) is 12.1 Å². The number of para-hydroxylation sites is 1. The molecule has 150 valence electrons. The molecule has 1 unspecified atom stereocenters. The number of carbonyl (C=O) groups excluding carboxylic acids is 2. The third-order valence-corrected chi connectivity index (χ3v) is 4.93. The number of benzene rings is 1. The van der Waals surface area contributed by atoms with Crippen molar-refractivity contribution in [3.05, 3.63) is 59.4 Å². The van der Waals surface area contributed by atoms with Gasteiger partial charge in [-0.3, -0.25) is 14.7 Å². The summed E-state index contributed by atoms with van der Waals surface area (Å²) in [6.45, 7) is 1.48. The highest BCUT2D eigenvalue weighted by Gasteiger charge is 2.53. The molecule has 3 amide bonds. The molecule has 2 atom stereocenters. The highest BCUT2D eigenvalue weighted by Crippen LogP contribution is 2.32. The van der Waals surface area contributed by atoms with Gasteiger partial charge in [-0.2, -0.15) is 0 Å². The van der Waals surface area contributed by atoms with Crippen LogP contribution in [0.5, 0.6) is 5.75 Å². The molecule has 0 bridgehead atoms. The normalized spacial score (nSPS) is 19.8. The molecule has 0 radical (unpaired) electrons. The molecule has 3 rings (SSSR count). The van der Waals surface area contributed by atoms with Crippen molar-refractivity contribution in [1.29, 1.82) is 0 Å².